The maximum absolute atomic E-state index is 12.3. The highest BCUT2D eigenvalue weighted by Gasteiger charge is 2.18. The van der Waals surface area contributed by atoms with Crippen molar-refractivity contribution in [3.05, 3.63) is 90.7 Å². The van der Waals surface area contributed by atoms with E-state index in [2.05, 4.69) is 42.0 Å². The van der Waals surface area contributed by atoms with Gasteiger partial charge in [0, 0.05) is 21.4 Å². The molecule has 0 aliphatic heterocycles. The van der Waals surface area contributed by atoms with Gasteiger partial charge in [0.2, 0.25) is 5.82 Å². The standard InChI is InChI=1S/C19H14Br2N4O4/c1-12-22-18(25(27)28)11-24(12)10-17(13-2-6-15(20)7-3-13)23-29-19(26)14-4-8-16(21)9-5-14/h2-9,11H,10H2,1H3/b23-17-. The van der Waals surface area contributed by atoms with E-state index < -0.39 is 10.9 Å². The van der Waals surface area contributed by atoms with Crippen molar-refractivity contribution in [2.24, 2.45) is 5.16 Å². The molecule has 2 aromatic carbocycles. The SMILES string of the molecule is Cc1nc([N+](=O)[O-])cn1C/C(=N/OC(=O)c1ccc(Br)cc1)c1ccc(Br)cc1. The number of rotatable bonds is 6. The number of nitrogens with zero attached hydrogens (tertiary/aromatic N) is 4. The van der Waals surface area contributed by atoms with Gasteiger partial charge < -0.3 is 19.5 Å². The van der Waals surface area contributed by atoms with E-state index in [1.54, 1.807) is 47.9 Å². The third kappa shape index (κ3) is 5.36. The van der Waals surface area contributed by atoms with Crippen molar-refractivity contribution < 1.29 is 14.6 Å². The largest absolute Gasteiger partial charge is 0.381 e. The average molecular weight is 522 g/mol. The number of hydrogen-bond donors (Lipinski definition) is 0. The van der Waals surface area contributed by atoms with Gasteiger partial charge in [0.1, 0.15) is 11.9 Å². The summed E-state index contributed by atoms with van der Waals surface area (Å²) in [6.07, 6.45) is 1.32. The molecule has 3 rings (SSSR count). The Balaban J connectivity index is 1.89. The highest BCUT2D eigenvalue weighted by Crippen LogP contribution is 2.16. The second-order valence-corrected chi connectivity index (χ2v) is 7.79. The molecule has 0 aliphatic rings. The van der Waals surface area contributed by atoms with Crippen LogP contribution in [0.15, 0.2) is 68.8 Å². The lowest BCUT2D eigenvalue weighted by molar-refractivity contribution is -0.389. The van der Waals surface area contributed by atoms with E-state index in [1.165, 1.54) is 6.20 Å². The topological polar surface area (TPSA) is 99.6 Å². The first-order chi connectivity index (χ1) is 13.8. The number of nitro groups is 1. The quantitative estimate of drug-likeness (QED) is 0.199. The molecule has 3 aromatic rings. The van der Waals surface area contributed by atoms with Crippen LogP contribution in [0.25, 0.3) is 0 Å². The molecular formula is C19H14Br2N4O4. The van der Waals surface area contributed by atoms with Crippen molar-refractivity contribution in [3.8, 4) is 0 Å². The van der Waals surface area contributed by atoms with Crippen molar-refractivity contribution in [2.75, 3.05) is 0 Å². The first-order valence-electron chi connectivity index (χ1n) is 8.31. The summed E-state index contributed by atoms with van der Waals surface area (Å²) in [5.74, 6) is -0.425. The lowest BCUT2D eigenvalue weighted by Crippen LogP contribution is -2.14. The zero-order chi connectivity index (χ0) is 21.0. The lowest BCUT2D eigenvalue weighted by Gasteiger charge is -2.08. The Labute approximate surface area is 182 Å². The molecule has 0 fully saturated rings. The van der Waals surface area contributed by atoms with Gasteiger partial charge in [-0.3, -0.25) is 0 Å². The Kier molecular flexibility index (Phi) is 6.55. The fourth-order valence-electron chi connectivity index (χ4n) is 2.45. The molecule has 0 saturated carbocycles. The number of aryl methyl sites for hydroxylation is 1. The molecule has 0 N–H and O–H groups in total. The van der Waals surface area contributed by atoms with E-state index in [4.69, 9.17) is 4.84 Å². The molecule has 0 atom stereocenters. The molecule has 8 nitrogen and oxygen atoms in total. The highest BCUT2D eigenvalue weighted by atomic mass is 79.9. The summed E-state index contributed by atoms with van der Waals surface area (Å²) in [5, 5.41) is 15.0. The van der Waals surface area contributed by atoms with E-state index in [0.717, 1.165) is 8.95 Å². The highest BCUT2D eigenvalue weighted by molar-refractivity contribution is 9.10. The van der Waals surface area contributed by atoms with Gasteiger partial charge in [-0.05, 0) is 46.3 Å². The predicted molar refractivity (Wildman–Crippen MR) is 114 cm³/mol. The van der Waals surface area contributed by atoms with Gasteiger partial charge in [0.15, 0.2) is 0 Å². The van der Waals surface area contributed by atoms with Crippen LogP contribution in [0.4, 0.5) is 5.82 Å². The molecule has 29 heavy (non-hydrogen) atoms. The summed E-state index contributed by atoms with van der Waals surface area (Å²) in [7, 11) is 0. The van der Waals surface area contributed by atoms with Gasteiger partial charge in [-0.25, -0.2) is 4.79 Å². The number of carbonyl (C=O) groups excluding carboxylic acids is 1. The van der Waals surface area contributed by atoms with Crippen LogP contribution in [0.3, 0.4) is 0 Å². The van der Waals surface area contributed by atoms with Gasteiger partial charge in [-0.15, -0.1) is 0 Å². The third-order valence-electron chi connectivity index (χ3n) is 3.97. The Morgan fingerprint density at radius 3 is 2.17 bits per heavy atom. The molecule has 0 aliphatic carbocycles. The summed E-state index contributed by atoms with van der Waals surface area (Å²) in [6, 6.07) is 13.9. The van der Waals surface area contributed by atoms with Crippen LogP contribution in [-0.2, 0) is 11.4 Å². The van der Waals surface area contributed by atoms with E-state index in [1.807, 2.05) is 12.1 Å². The minimum Gasteiger partial charge on any atom is -0.358 e. The third-order valence-corrected chi connectivity index (χ3v) is 5.02. The average Bonchev–Trinajstić information content (AvgIpc) is 3.07. The van der Waals surface area contributed by atoms with Crippen LogP contribution < -0.4 is 0 Å². The van der Waals surface area contributed by atoms with Crippen LogP contribution in [-0.4, -0.2) is 26.2 Å². The van der Waals surface area contributed by atoms with Crippen LogP contribution in [0.1, 0.15) is 21.7 Å². The molecule has 0 bridgehead atoms. The molecule has 1 aromatic heterocycles. The minimum absolute atomic E-state index is 0.141. The Bertz CT molecular complexity index is 1080. The van der Waals surface area contributed by atoms with Crippen LogP contribution >= 0.6 is 31.9 Å². The molecular weight excluding hydrogens is 508 g/mol. The summed E-state index contributed by atoms with van der Waals surface area (Å²) >= 11 is 6.68. The zero-order valence-corrected chi connectivity index (χ0v) is 18.3. The molecule has 0 spiro atoms. The van der Waals surface area contributed by atoms with Crippen molar-refractivity contribution >= 4 is 49.4 Å². The fourth-order valence-corrected chi connectivity index (χ4v) is 2.98. The number of benzene rings is 2. The van der Waals surface area contributed by atoms with Crippen molar-refractivity contribution in [1.29, 1.82) is 0 Å². The molecule has 0 amide bonds. The van der Waals surface area contributed by atoms with Gasteiger partial charge in [-0.1, -0.05) is 49.1 Å². The molecule has 0 saturated heterocycles. The van der Waals surface area contributed by atoms with Crippen molar-refractivity contribution in [2.45, 2.75) is 13.5 Å². The van der Waals surface area contributed by atoms with Gasteiger partial charge in [-0.2, -0.15) is 0 Å². The zero-order valence-electron chi connectivity index (χ0n) is 15.1. The van der Waals surface area contributed by atoms with Gasteiger partial charge >= 0.3 is 11.8 Å². The lowest BCUT2D eigenvalue weighted by atomic mass is 10.1. The van der Waals surface area contributed by atoms with Crippen LogP contribution in [0.2, 0.25) is 0 Å². The maximum atomic E-state index is 12.3. The van der Waals surface area contributed by atoms with E-state index >= 15 is 0 Å². The first-order valence-corrected chi connectivity index (χ1v) is 9.90. The Hall–Kier alpha value is -2.85. The summed E-state index contributed by atoms with van der Waals surface area (Å²) in [6.45, 7) is 1.79. The van der Waals surface area contributed by atoms with Gasteiger partial charge in [0.05, 0.1) is 12.1 Å². The van der Waals surface area contributed by atoms with Crippen molar-refractivity contribution in [1.82, 2.24) is 9.55 Å². The number of hydrogen-bond acceptors (Lipinski definition) is 6. The summed E-state index contributed by atoms with van der Waals surface area (Å²) in [5.41, 5.74) is 1.47. The second kappa shape index (κ2) is 9.10. The second-order valence-electron chi connectivity index (χ2n) is 5.96. The van der Waals surface area contributed by atoms with Gasteiger partial charge in [0.25, 0.3) is 0 Å². The Morgan fingerprint density at radius 1 is 1.10 bits per heavy atom. The summed E-state index contributed by atoms with van der Waals surface area (Å²) in [4.78, 5) is 31.8. The fraction of sp³-hybridized carbons (Fsp3) is 0.105. The molecule has 10 heteroatoms. The molecule has 0 unspecified atom stereocenters. The monoisotopic (exact) mass is 520 g/mol. The van der Waals surface area contributed by atoms with Crippen molar-refractivity contribution in [3.63, 3.8) is 0 Å². The number of carbonyl (C=O) groups is 1. The molecule has 148 valence electrons. The normalized spacial score (nSPS) is 11.3. The van der Waals surface area contributed by atoms with Crippen LogP contribution in [0.5, 0.6) is 0 Å². The number of imidazole rings is 1. The number of oxime groups is 1. The molecule has 0 radical (unpaired) electrons. The summed E-state index contributed by atoms with van der Waals surface area (Å²) < 4.78 is 3.29. The number of aromatic nitrogens is 2. The Morgan fingerprint density at radius 2 is 1.66 bits per heavy atom. The number of halogens is 2. The van der Waals surface area contributed by atoms with Crippen LogP contribution in [0, 0.1) is 17.0 Å². The maximum Gasteiger partial charge on any atom is 0.381 e. The van der Waals surface area contributed by atoms with E-state index in [9.17, 15) is 14.9 Å². The van der Waals surface area contributed by atoms with E-state index in [0.29, 0.717) is 22.7 Å². The smallest absolute Gasteiger partial charge is 0.358 e. The first kappa shape index (κ1) is 20.9. The molecule has 1 heterocycles. The minimum atomic E-state index is -0.611. The van der Waals surface area contributed by atoms with E-state index in [-0.39, 0.29) is 12.4 Å². The predicted octanol–water partition coefficient (Wildman–Crippen LogP) is 4.89.